The van der Waals surface area contributed by atoms with E-state index >= 15 is 0 Å². The highest BCUT2D eigenvalue weighted by Crippen LogP contribution is 2.46. The first kappa shape index (κ1) is 16.3. The molecule has 1 aliphatic rings. The van der Waals surface area contributed by atoms with Gasteiger partial charge in [0.1, 0.15) is 0 Å². The summed E-state index contributed by atoms with van der Waals surface area (Å²) in [6, 6.07) is 9.90. The number of nitrogen functional groups attached to an aromatic ring is 1. The highest BCUT2D eigenvalue weighted by molar-refractivity contribution is 5.72. The lowest BCUT2D eigenvalue weighted by Crippen LogP contribution is -2.41. The number of hydroxylamine groups is 2. The molecule has 3 rings (SSSR count). The van der Waals surface area contributed by atoms with Gasteiger partial charge in [-0.1, -0.05) is 51.1 Å². The molecule has 7 nitrogen and oxygen atoms in total. The number of benzene rings is 1. The zero-order valence-corrected chi connectivity index (χ0v) is 14.1. The van der Waals surface area contributed by atoms with Crippen molar-refractivity contribution >= 4 is 11.9 Å². The first-order chi connectivity index (χ1) is 11.3. The fraction of sp³-hybridized carbons (Fsp3) is 0.412. The molecule has 1 aliphatic heterocycles. The third kappa shape index (κ3) is 2.94. The van der Waals surface area contributed by atoms with Gasteiger partial charge >= 0.3 is 6.09 Å². The molecule has 0 bridgehead atoms. The predicted molar refractivity (Wildman–Crippen MR) is 89.7 cm³/mol. The summed E-state index contributed by atoms with van der Waals surface area (Å²) in [7, 11) is 0. The van der Waals surface area contributed by atoms with Gasteiger partial charge in [-0.05, 0) is 11.0 Å². The quantitative estimate of drug-likeness (QED) is 0.879. The van der Waals surface area contributed by atoms with E-state index in [0.29, 0.717) is 18.7 Å². The van der Waals surface area contributed by atoms with Gasteiger partial charge in [0, 0.05) is 12.5 Å². The Morgan fingerprint density at radius 2 is 2.04 bits per heavy atom. The van der Waals surface area contributed by atoms with Gasteiger partial charge in [-0.25, -0.2) is 4.79 Å². The highest BCUT2D eigenvalue weighted by Gasteiger charge is 2.40. The van der Waals surface area contributed by atoms with Gasteiger partial charge in [0.05, 0.1) is 12.1 Å². The molecule has 0 saturated heterocycles. The topological polar surface area (TPSA) is 93.6 Å². The molecule has 1 aromatic heterocycles. The van der Waals surface area contributed by atoms with Crippen LogP contribution in [-0.4, -0.2) is 32.6 Å². The van der Waals surface area contributed by atoms with Gasteiger partial charge in [-0.15, -0.1) is 14.8 Å². The van der Waals surface area contributed by atoms with E-state index < -0.39 is 6.09 Å². The average molecular weight is 330 g/mol. The van der Waals surface area contributed by atoms with E-state index in [2.05, 4.69) is 25.9 Å². The molecule has 0 saturated carbocycles. The molecule has 2 aromatic rings. The molecule has 0 spiro atoms. The lowest BCUT2D eigenvalue weighted by molar-refractivity contribution is -0.0996. The van der Waals surface area contributed by atoms with Crippen LogP contribution in [0.15, 0.2) is 30.3 Å². The van der Waals surface area contributed by atoms with Crippen molar-refractivity contribution in [2.75, 3.05) is 12.3 Å². The highest BCUT2D eigenvalue weighted by atomic mass is 16.7. The van der Waals surface area contributed by atoms with E-state index in [9.17, 15) is 9.90 Å². The molecule has 1 atom stereocenters. The molecule has 0 amide bonds. The van der Waals surface area contributed by atoms with Gasteiger partial charge in [0.15, 0.2) is 5.82 Å². The van der Waals surface area contributed by atoms with Gasteiger partial charge in [-0.2, -0.15) is 0 Å². The number of rotatable bonds is 2. The second kappa shape index (κ2) is 5.83. The third-order valence-electron chi connectivity index (χ3n) is 4.29. The van der Waals surface area contributed by atoms with E-state index in [-0.39, 0.29) is 23.0 Å². The normalized spacial score (nSPS) is 18.0. The van der Waals surface area contributed by atoms with Crippen molar-refractivity contribution in [2.24, 2.45) is 5.41 Å². The Morgan fingerprint density at radius 3 is 2.62 bits per heavy atom. The molecule has 0 radical (unpaired) electrons. The maximum Gasteiger partial charge on any atom is 0.435 e. The number of hydrogen-bond donors (Lipinski definition) is 2. The maximum absolute atomic E-state index is 11.5. The van der Waals surface area contributed by atoms with E-state index in [1.54, 1.807) is 5.06 Å². The minimum atomic E-state index is -1.21. The number of carbonyl (C=O) groups is 1. The van der Waals surface area contributed by atoms with E-state index in [1.807, 2.05) is 30.3 Å². The number of fused-ring (bicyclic) bond motifs is 1. The Labute approximate surface area is 140 Å². The molecule has 1 aromatic carbocycles. The summed E-state index contributed by atoms with van der Waals surface area (Å²) >= 11 is 0. The molecule has 24 heavy (non-hydrogen) atoms. The Bertz CT molecular complexity index is 749. The Morgan fingerprint density at radius 1 is 1.38 bits per heavy atom. The summed E-state index contributed by atoms with van der Waals surface area (Å²) in [5.41, 5.74) is 7.64. The molecule has 2 heterocycles. The van der Waals surface area contributed by atoms with Crippen molar-refractivity contribution in [3.63, 3.8) is 0 Å². The van der Waals surface area contributed by atoms with Gasteiger partial charge in [0.2, 0.25) is 0 Å². The van der Waals surface area contributed by atoms with Crippen molar-refractivity contribution < 1.29 is 14.7 Å². The Kier molecular flexibility index (Phi) is 3.96. The monoisotopic (exact) mass is 330 g/mol. The van der Waals surface area contributed by atoms with Gasteiger partial charge in [0.25, 0.3) is 5.88 Å². The lowest BCUT2D eigenvalue weighted by Gasteiger charge is -2.38. The summed E-state index contributed by atoms with van der Waals surface area (Å²) in [4.78, 5) is 17.3. The molecular formula is C17H22N4O3. The Hall–Kier alpha value is -2.54. The van der Waals surface area contributed by atoms with Gasteiger partial charge in [-0.3, -0.25) is 0 Å². The summed E-state index contributed by atoms with van der Waals surface area (Å²) in [5.74, 6) is 0.423. The van der Waals surface area contributed by atoms with Crippen molar-refractivity contribution in [3.05, 3.63) is 41.5 Å². The van der Waals surface area contributed by atoms with Crippen LogP contribution >= 0.6 is 0 Å². The third-order valence-corrected chi connectivity index (χ3v) is 4.29. The molecule has 128 valence electrons. The van der Waals surface area contributed by atoms with Crippen molar-refractivity contribution in [1.29, 1.82) is 0 Å². The smallest absolute Gasteiger partial charge is 0.435 e. The molecule has 0 aliphatic carbocycles. The van der Waals surface area contributed by atoms with Crippen LogP contribution in [0.2, 0.25) is 0 Å². The number of hydrogen-bond acceptors (Lipinski definition) is 5. The van der Waals surface area contributed by atoms with E-state index in [0.717, 1.165) is 10.2 Å². The van der Waals surface area contributed by atoms with Crippen molar-refractivity contribution in [3.8, 4) is 5.88 Å². The summed E-state index contributed by atoms with van der Waals surface area (Å²) < 4.78 is 0.820. The largest absolute Gasteiger partial charge is 0.463 e. The molecular weight excluding hydrogens is 308 g/mol. The predicted octanol–water partition coefficient (Wildman–Crippen LogP) is 2.93. The van der Waals surface area contributed by atoms with Crippen molar-refractivity contribution in [2.45, 2.75) is 33.2 Å². The SMILES string of the molecule is CC(C)(C)C1CN(Cc2ccccc2)Oc2c1c(N)nn2C(=O)O. The second-order valence-corrected chi connectivity index (χ2v) is 7.12. The van der Waals surface area contributed by atoms with Crippen LogP contribution in [0.5, 0.6) is 5.88 Å². The number of nitrogens with zero attached hydrogens (tertiary/aromatic N) is 3. The summed E-state index contributed by atoms with van der Waals surface area (Å²) in [5, 5.41) is 15.1. The molecule has 7 heteroatoms. The molecule has 0 fully saturated rings. The molecule has 1 unspecified atom stereocenters. The van der Waals surface area contributed by atoms with E-state index in [4.69, 9.17) is 10.6 Å². The van der Waals surface area contributed by atoms with E-state index in [1.165, 1.54) is 0 Å². The minimum Gasteiger partial charge on any atom is -0.463 e. The standard InChI is InChI=1S/C17H22N4O3/c1-17(2,3)12-10-20(9-11-7-5-4-6-8-11)24-15-13(12)14(18)19-21(15)16(22)23/h4-8,12H,9-10H2,1-3H3,(H2,18,19)(H,22,23). The van der Waals surface area contributed by atoms with Crippen LogP contribution in [0.3, 0.4) is 0 Å². The van der Waals surface area contributed by atoms with Crippen LogP contribution in [-0.2, 0) is 6.54 Å². The minimum absolute atomic E-state index is 0.0121. The fourth-order valence-electron chi connectivity index (χ4n) is 3.02. The van der Waals surface area contributed by atoms with Gasteiger partial charge < -0.3 is 15.7 Å². The Balaban J connectivity index is 2.00. The molecule has 3 N–H and O–H groups in total. The average Bonchev–Trinajstić information content (AvgIpc) is 2.84. The zero-order valence-electron chi connectivity index (χ0n) is 14.1. The maximum atomic E-state index is 11.5. The van der Waals surface area contributed by atoms with Crippen LogP contribution in [0.25, 0.3) is 0 Å². The number of aromatic nitrogens is 2. The summed E-state index contributed by atoms with van der Waals surface area (Å²) in [6.07, 6.45) is -1.21. The zero-order chi connectivity index (χ0) is 17.5. The number of nitrogens with two attached hydrogens (primary N) is 1. The first-order valence-corrected chi connectivity index (χ1v) is 7.86. The van der Waals surface area contributed by atoms with Crippen LogP contribution in [0, 0.1) is 5.41 Å². The fourth-order valence-corrected chi connectivity index (χ4v) is 3.02. The van der Waals surface area contributed by atoms with Crippen molar-refractivity contribution in [1.82, 2.24) is 14.8 Å². The summed E-state index contributed by atoms with van der Waals surface area (Å²) in [6.45, 7) is 7.47. The van der Waals surface area contributed by atoms with Crippen LogP contribution in [0.1, 0.15) is 37.8 Å². The second-order valence-electron chi connectivity index (χ2n) is 7.12. The number of carboxylic acid groups (broad SMARTS) is 1. The first-order valence-electron chi connectivity index (χ1n) is 7.86. The van der Waals surface area contributed by atoms with Crippen LogP contribution in [0.4, 0.5) is 10.6 Å². The lowest BCUT2D eigenvalue weighted by atomic mass is 9.76. The van der Waals surface area contributed by atoms with Crippen LogP contribution < -0.4 is 10.6 Å². The number of anilines is 1.